The molecule has 0 saturated heterocycles. The van der Waals surface area contributed by atoms with Crippen LogP contribution in [0.25, 0.3) is 0 Å². The number of benzene rings is 2. The summed E-state index contributed by atoms with van der Waals surface area (Å²) in [7, 11) is -2.56. The molecule has 0 heterocycles. The van der Waals surface area contributed by atoms with E-state index in [1.807, 2.05) is 45.0 Å². The number of halogens is 1. The smallest absolute Gasteiger partial charge is 0.243 e. The highest BCUT2D eigenvalue weighted by atomic mass is 35.5. The lowest BCUT2D eigenvalue weighted by molar-refractivity contribution is -0.140. The zero-order valence-electron chi connectivity index (χ0n) is 19.7. The van der Waals surface area contributed by atoms with Gasteiger partial charge in [-0.15, -0.1) is 0 Å². The van der Waals surface area contributed by atoms with Gasteiger partial charge in [0.2, 0.25) is 21.8 Å². The Kier molecular flexibility index (Phi) is 9.46. The van der Waals surface area contributed by atoms with Crippen LogP contribution in [0.15, 0.2) is 53.4 Å². The van der Waals surface area contributed by atoms with Crippen molar-refractivity contribution in [1.82, 2.24) is 14.5 Å². The Balaban J connectivity index is 2.29. The highest BCUT2D eigenvalue weighted by molar-refractivity contribution is 7.89. The van der Waals surface area contributed by atoms with E-state index in [1.165, 1.54) is 36.2 Å². The zero-order valence-corrected chi connectivity index (χ0v) is 21.3. The molecule has 2 atom stereocenters. The lowest BCUT2D eigenvalue weighted by Crippen LogP contribution is -2.52. The SMILES string of the molecule is CC[C@@H](C)NC(=O)[C@@H](C)N(Cc1ccccc1C)C(=O)CN(C)S(=O)(=O)c1ccc(Cl)cc1. The van der Waals surface area contributed by atoms with Gasteiger partial charge in [0.05, 0.1) is 11.4 Å². The van der Waals surface area contributed by atoms with Gasteiger partial charge in [-0.1, -0.05) is 42.8 Å². The number of rotatable bonds is 10. The van der Waals surface area contributed by atoms with Gasteiger partial charge in [0.25, 0.3) is 0 Å². The molecule has 2 rings (SSSR count). The number of nitrogens with one attached hydrogen (secondary N) is 1. The molecule has 0 aliphatic heterocycles. The molecule has 2 aromatic rings. The number of nitrogens with zero attached hydrogens (tertiary/aromatic N) is 2. The minimum Gasteiger partial charge on any atom is -0.352 e. The molecule has 0 aromatic heterocycles. The van der Waals surface area contributed by atoms with E-state index in [0.717, 1.165) is 21.9 Å². The molecular weight excluding hydrogens is 462 g/mol. The molecule has 0 spiro atoms. The van der Waals surface area contributed by atoms with Gasteiger partial charge in [-0.25, -0.2) is 8.42 Å². The van der Waals surface area contributed by atoms with Gasteiger partial charge < -0.3 is 10.2 Å². The van der Waals surface area contributed by atoms with Crippen molar-refractivity contribution in [3.63, 3.8) is 0 Å². The number of aryl methyl sites for hydroxylation is 1. The van der Waals surface area contributed by atoms with Crippen LogP contribution in [0, 0.1) is 6.92 Å². The van der Waals surface area contributed by atoms with Crippen LogP contribution in [0.4, 0.5) is 0 Å². The van der Waals surface area contributed by atoms with Gasteiger partial charge in [0.15, 0.2) is 0 Å². The van der Waals surface area contributed by atoms with Crippen LogP contribution in [0.5, 0.6) is 0 Å². The van der Waals surface area contributed by atoms with Gasteiger partial charge in [0, 0.05) is 24.7 Å². The van der Waals surface area contributed by atoms with Crippen molar-refractivity contribution in [3.8, 4) is 0 Å². The molecule has 180 valence electrons. The first kappa shape index (κ1) is 26.8. The Morgan fingerprint density at radius 2 is 1.67 bits per heavy atom. The molecule has 0 bridgehead atoms. The zero-order chi connectivity index (χ0) is 24.8. The van der Waals surface area contributed by atoms with Gasteiger partial charge in [-0.3, -0.25) is 9.59 Å². The predicted octanol–water partition coefficient (Wildman–Crippen LogP) is 3.60. The fourth-order valence-corrected chi connectivity index (χ4v) is 4.42. The summed E-state index contributed by atoms with van der Waals surface area (Å²) in [5.41, 5.74) is 1.87. The standard InChI is InChI=1S/C24H32ClN3O4S/c1-6-18(3)26-24(30)19(4)28(15-20-10-8-7-9-17(20)2)23(29)16-27(5)33(31,32)22-13-11-21(25)12-14-22/h7-14,18-19H,6,15-16H2,1-5H3,(H,26,30)/t18-,19-/m1/s1. The Morgan fingerprint density at radius 3 is 2.24 bits per heavy atom. The lowest BCUT2D eigenvalue weighted by Gasteiger charge is -2.31. The maximum Gasteiger partial charge on any atom is 0.243 e. The van der Waals surface area contributed by atoms with E-state index in [-0.39, 0.29) is 23.4 Å². The summed E-state index contributed by atoms with van der Waals surface area (Å²) in [5.74, 6) is -0.750. The van der Waals surface area contributed by atoms with Crippen LogP contribution in [0.3, 0.4) is 0 Å². The minimum atomic E-state index is -3.91. The molecule has 1 N–H and O–H groups in total. The van der Waals surface area contributed by atoms with Crippen LogP contribution in [0.2, 0.25) is 5.02 Å². The monoisotopic (exact) mass is 493 g/mol. The summed E-state index contributed by atoms with van der Waals surface area (Å²) in [5, 5.41) is 3.32. The van der Waals surface area contributed by atoms with Crippen molar-refractivity contribution in [3.05, 3.63) is 64.7 Å². The fourth-order valence-electron chi connectivity index (χ4n) is 3.17. The molecule has 0 aliphatic carbocycles. The summed E-state index contributed by atoms with van der Waals surface area (Å²) in [6.45, 7) is 7.22. The van der Waals surface area contributed by atoms with Crippen molar-refractivity contribution < 1.29 is 18.0 Å². The molecular formula is C24H32ClN3O4S. The number of amides is 2. The maximum absolute atomic E-state index is 13.3. The van der Waals surface area contributed by atoms with E-state index in [1.54, 1.807) is 6.92 Å². The normalized spacial score (nSPS) is 13.4. The Labute approximate surface area is 201 Å². The highest BCUT2D eigenvalue weighted by Crippen LogP contribution is 2.19. The van der Waals surface area contributed by atoms with Crippen molar-refractivity contribution >= 4 is 33.4 Å². The first-order valence-corrected chi connectivity index (χ1v) is 12.6. The quantitative estimate of drug-likeness (QED) is 0.547. The van der Waals surface area contributed by atoms with Crippen LogP contribution >= 0.6 is 11.6 Å². The lowest BCUT2D eigenvalue weighted by atomic mass is 10.1. The fraction of sp³-hybridized carbons (Fsp3) is 0.417. The molecule has 2 amide bonds. The minimum absolute atomic E-state index is 0.0372. The third-order valence-corrected chi connectivity index (χ3v) is 7.72. The summed E-state index contributed by atoms with van der Waals surface area (Å²) >= 11 is 5.86. The van der Waals surface area contributed by atoms with E-state index in [0.29, 0.717) is 5.02 Å². The second-order valence-corrected chi connectivity index (χ2v) is 10.6. The molecule has 7 nitrogen and oxygen atoms in total. The Hall–Kier alpha value is -2.42. The predicted molar refractivity (Wildman–Crippen MR) is 130 cm³/mol. The number of hydrogen-bond donors (Lipinski definition) is 1. The molecule has 0 saturated carbocycles. The van der Waals surface area contributed by atoms with Crippen LogP contribution in [-0.4, -0.2) is 55.1 Å². The largest absolute Gasteiger partial charge is 0.352 e. The van der Waals surface area contributed by atoms with E-state index >= 15 is 0 Å². The summed E-state index contributed by atoms with van der Waals surface area (Å²) in [6.07, 6.45) is 0.756. The maximum atomic E-state index is 13.3. The first-order valence-electron chi connectivity index (χ1n) is 10.8. The third-order valence-electron chi connectivity index (χ3n) is 5.65. The van der Waals surface area contributed by atoms with Crippen molar-refractivity contribution in [2.45, 2.75) is 57.6 Å². The number of likely N-dealkylation sites (N-methyl/N-ethyl adjacent to an activating group) is 1. The second-order valence-electron chi connectivity index (χ2n) is 8.16. The summed E-state index contributed by atoms with van der Waals surface area (Å²) < 4.78 is 26.9. The molecule has 9 heteroatoms. The topological polar surface area (TPSA) is 86.8 Å². The van der Waals surface area contributed by atoms with Crippen LogP contribution in [-0.2, 0) is 26.2 Å². The molecule has 33 heavy (non-hydrogen) atoms. The van der Waals surface area contributed by atoms with Crippen molar-refractivity contribution in [2.24, 2.45) is 0 Å². The number of hydrogen-bond acceptors (Lipinski definition) is 4. The average molecular weight is 494 g/mol. The van der Waals surface area contributed by atoms with Gasteiger partial charge in [-0.05, 0) is 62.6 Å². The third kappa shape index (κ3) is 7.03. The summed E-state index contributed by atoms with van der Waals surface area (Å²) in [6, 6.07) is 12.5. The number of carbonyl (C=O) groups excluding carboxylic acids is 2. The van der Waals surface area contributed by atoms with E-state index in [9.17, 15) is 18.0 Å². The van der Waals surface area contributed by atoms with E-state index in [2.05, 4.69) is 5.32 Å². The highest BCUT2D eigenvalue weighted by Gasteiger charge is 2.30. The van der Waals surface area contributed by atoms with Gasteiger partial charge in [0.1, 0.15) is 6.04 Å². The van der Waals surface area contributed by atoms with Gasteiger partial charge >= 0.3 is 0 Å². The molecule has 0 unspecified atom stereocenters. The van der Waals surface area contributed by atoms with Crippen LogP contribution in [0.1, 0.15) is 38.3 Å². The molecule has 0 radical (unpaired) electrons. The average Bonchev–Trinajstić information content (AvgIpc) is 2.78. The number of carbonyl (C=O) groups is 2. The molecule has 0 fully saturated rings. The Morgan fingerprint density at radius 1 is 1.06 bits per heavy atom. The first-order chi connectivity index (χ1) is 15.5. The van der Waals surface area contributed by atoms with E-state index < -0.39 is 28.5 Å². The number of sulfonamides is 1. The second kappa shape index (κ2) is 11.6. The molecule has 2 aromatic carbocycles. The summed E-state index contributed by atoms with van der Waals surface area (Å²) in [4.78, 5) is 27.6. The van der Waals surface area contributed by atoms with Crippen molar-refractivity contribution in [2.75, 3.05) is 13.6 Å². The van der Waals surface area contributed by atoms with E-state index in [4.69, 9.17) is 11.6 Å². The molecule has 0 aliphatic rings. The van der Waals surface area contributed by atoms with Crippen LogP contribution < -0.4 is 5.32 Å². The van der Waals surface area contributed by atoms with Crippen molar-refractivity contribution in [1.29, 1.82) is 0 Å². The van der Waals surface area contributed by atoms with Gasteiger partial charge in [-0.2, -0.15) is 4.31 Å². The Bertz CT molecular complexity index is 1070.